The van der Waals surface area contributed by atoms with Crippen molar-refractivity contribution in [1.29, 1.82) is 0 Å². The topological polar surface area (TPSA) is 49.4 Å². The Hall–Kier alpha value is -2.14. The summed E-state index contributed by atoms with van der Waals surface area (Å²) in [4.78, 5) is 26.6. The van der Waals surface area contributed by atoms with E-state index >= 15 is 0 Å². The van der Waals surface area contributed by atoms with Gasteiger partial charge in [0.15, 0.2) is 0 Å². The Balaban J connectivity index is 1.65. The van der Waals surface area contributed by atoms with E-state index in [1.807, 2.05) is 61.5 Å². The van der Waals surface area contributed by atoms with Crippen LogP contribution in [0, 0.1) is 5.92 Å². The van der Waals surface area contributed by atoms with Crippen molar-refractivity contribution in [2.75, 3.05) is 11.9 Å². The Morgan fingerprint density at radius 2 is 1.83 bits per heavy atom. The van der Waals surface area contributed by atoms with Gasteiger partial charge in [-0.1, -0.05) is 46.3 Å². The van der Waals surface area contributed by atoms with Crippen LogP contribution in [-0.2, 0) is 9.59 Å². The molecule has 24 heavy (non-hydrogen) atoms. The Morgan fingerprint density at radius 3 is 2.50 bits per heavy atom. The van der Waals surface area contributed by atoms with Gasteiger partial charge in [-0.25, -0.2) is 0 Å². The highest BCUT2D eigenvalue weighted by Crippen LogP contribution is 2.29. The highest BCUT2D eigenvalue weighted by atomic mass is 79.9. The zero-order chi connectivity index (χ0) is 17.1. The average molecular weight is 387 g/mol. The molecule has 0 aliphatic carbocycles. The summed E-state index contributed by atoms with van der Waals surface area (Å²) in [5.74, 6) is -0.386. The van der Waals surface area contributed by atoms with Crippen LogP contribution in [0.1, 0.15) is 24.9 Å². The van der Waals surface area contributed by atoms with Gasteiger partial charge < -0.3 is 10.2 Å². The molecular weight excluding hydrogens is 368 g/mol. The van der Waals surface area contributed by atoms with E-state index in [1.165, 1.54) is 0 Å². The van der Waals surface area contributed by atoms with Crippen LogP contribution in [-0.4, -0.2) is 23.3 Å². The number of halogens is 1. The first-order valence-corrected chi connectivity index (χ1v) is 8.75. The largest absolute Gasteiger partial charge is 0.335 e. The van der Waals surface area contributed by atoms with E-state index < -0.39 is 0 Å². The molecule has 2 atom stereocenters. The van der Waals surface area contributed by atoms with Gasteiger partial charge in [-0.05, 0) is 36.8 Å². The smallest absolute Gasteiger partial charge is 0.229 e. The van der Waals surface area contributed by atoms with E-state index in [0.717, 1.165) is 15.7 Å². The van der Waals surface area contributed by atoms with Crippen LogP contribution in [0.5, 0.6) is 0 Å². The van der Waals surface area contributed by atoms with Crippen molar-refractivity contribution in [1.82, 2.24) is 4.90 Å². The van der Waals surface area contributed by atoms with Crippen LogP contribution in [0.4, 0.5) is 5.69 Å². The summed E-state index contributed by atoms with van der Waals surface area (Å²) in [6.07, 6.45) is 0.263. The number of amides is 2. The summed E-state index contributed by atoms with van der Waals surface area (Å²) in [6, 6.07) is 17.3. The molecule has 1 aliphatic rings. The molecule has 0 saturated carbocycles. The second kappa shape index (κ2) is 7.18. The molecule has 5 heteroatoms. The second-order valence-corrected chi connectivity index (χ2v) is 6.95. The van der Waals surface area contributed by atoms with E-state index in [9.17, 15) is 9.59 Å². The molecule has 0 bridgehead atoms. The summed E-state index contributed by atoms with van der Waals surface area (Å²) in [5, 5.41) is 2.89. The maximum absolute atomic E-state index is 12.4. The number of hydrogen-bond acceptors (Lipinski definition) is 2. The number of anilines is 1. The molecule has 0 aromatic heterocycles. The van der Waals surface area contributed by atoms with Crippen LogP contribution in [0.15, 0.2) is 59.1 Å². The fourth-order valence-electron chi connectivity index (χ4n) is 2.97. The first-order chi connectivity index (χ1) is 11.5. The van der Waals surface area contributed by atoms with Crippen LogP contribution in [0.3, 0.4) is 0 Å². The van der Waals surface area contributed by atoms with Gasteiger partial charge in [0.05, 0.1) is 12.0 Å². The first kappa shape index (κ1) is 16.7. The maximum atomic E-state index is 12.4. The van der Waals surface area contributed by atoms with Crippen LogP contribution < -0.4 is 5.32 Å². The molecule has 124 valence electrons. The Bertz CT molecular complexity index is 731. The van der Waals surface area contributed by atoms with Gasteiger partial charge in [-0.15, -0.1) is 0 Å². The number of likely N-dealkylation sites (tertiary alicyclic amines) is 1. The first-order valence-electron chi connectivity index (χ1n) is 7.95. The molecule has 4 nitrogen and oxygen atoms in total. The standard InChI is InChI=1S/C19H19BrN2O2/c1-13(14-5-3-2-4-6-14)22-12-15(11-18(22)23)19(24)21-17-9-7-16(20)8-10-17/h2-10,13,15H,11-12H2,1H3,(H,21,24)/t13-,15-/m1/s1. The van der Waals surface area contributed by atoms with E-state index in [1.54, 1.807) is 4.90 Å². The van der Waals surface area contributed by atoms with Crippen LogP contribution >= 0.6 is 15.9 Å². The third-order valence-corrected chi connectivity index (χ3v) is 4.92. The molecule has 0 spiro atoms. The highest BCUT2D eigenvalue weighted by molar-refractivity contribution is 9.10. The van der Waals surface area contributed by atoms with Gasteiger partial charge in [0, 0.05) is 23.1 Å². The molecule has 1 aliphatic heterocycles. The number of carbonyl (C=O) groups is 2. The normalized spacial score (nSPS) is 18.5. The van der Waals surface area contributed by atoms with Gasteiger partial charge in [-0.2, -0.15) is 0 Å². The molecule has 1 fully saturated rings. The number of benzene rings is 2. The van der Waals surface area contributed by atoms with E-state index in [0.29, 0.717) is 6.54 Å². The summed E-state index contributed by atoms with van der Waals surface area (Å²) in [5.41, 5.74) is 1.82. The number of nitrogens with zero attached hydrogens (tertiary/aromatic N) is 1. The third kappa shape index (κ3) is 3.67. The molecule has 1 saturated heterocycles. The van der Waals surface area contributed by atoms with Gasteiger partial charge in [0.1, 0.15) is 0 Å². The van der Waals surface area contributed by atoms with Gasteiger partial charge in [0.25, 0.3) is 0 Å². The second-order valence-electron chi connectivity index (χ2n) is 6.03. The fourth-order valence-corrected chi connectivity index (χ4v) is 3.23. The van der Waals surface area contributed by atoms with Crippen molar-refractivity contribution < 1.29 is 9.59 Å². The molecule has 1 N–H and O–H groups in total. The summed E-state index contributed by atoms with van der Waals surface area (Å²) < 4.78 is 0.958. The van der Waals surface area contributed by atoms with Gasteiger partial charge in [-0.3, -0.25) is 9.59 Å². The lowest BCUT2D eigenvalue weighted by atomic mass is 10.1. The summed E-state index contributed by atoms with van der Waals surface area (Å²) >= 11 is 3.37. The van der Waals surface area contributed by atoms with Crippen LogP contribution in [0.2, 0.25) is 0 Å². The third-order valence-electron chi connectivity index (χ3n) is 4.39. The van der Waals surface area contributed by atoms with E-state index in [4.69, 9.17) is 0 Å². The Labute approximate surface area is 150 Å². The zero-order valence-electron chi connectivity index (χ0n) is 13.4. The summed E-state index contributed by atoms with van der Waals surface area (Å²) in [7, 11) is 0. The molecule has 3 rings (SSSR count). The van der Waals surface area contributed by atoms with Crippen molar-refractivity contribution in [2.24, 2.45) is 5.92 Å². The molecule has 0 unspecified atom stereocenters. The lowest BCUT2D eigenvalue weighted by Gasteiger charge is -2.25. The lowest BCUT2D eigenvalue weighted by Crippen LogP contribution is -2.30. The van der Waals surface area contributed by atoms with Crippen molar-refractivity contribution in [3.8, 4) is 0 Å². The molecule has 2 aromatic rings. The zero-order valence-corrected chi connectivity index (χ0v) is 15.0. The van der Waals surface area contributed by atoms with E-state index in [2.05, 4.69) is 21.2 Å². The maximum Gasteiger partial charge on any atom is 0.229 e. The SMILES string of the molecule is C[C@H](c1ccccc1)N1C[C@H](C(=O)Nc2ccc(Br)cc2)CC1=O. The molecule has 1 heterocycles. The number of nitrogens with one attached hydrogen (secondary N) is 1. The monoisotopic (exact) mass is 386 g/mol. The Kier molecular flexibility index (Phi) is 5.00. The predicted molar refractivity (Wildman–Crippen MR) is 97.4 cm³/mol. The summed E-state index contributed by atoms with van der Waals surface area (Å²) in [6.45, 7) is 2.46. The van der Waals surface area contributed by atoms with Crippen molar-refractivity contribution in [3.05, 3.63) is 64.6 Å². The average Bonchev–Trinajstić information content (AvgIpc) is 2.99. The molecule has 2 amide bonds. The highest BCUT2D eigenvalue weighted by Gasteiger charge is 2.36. The van der Waals surface area contributed by atoms with Crippen molar-refractivity contribution in [2.45, 2.75) is 19.4 Å². The predicted octanol–water partition coefficient (Wildman–Crippen LogP) is 4.00. The molecule has 0 radical (unpaired) electrons. The molecular formula is C19H19BrN2O2. The van der Waals surface area contributed by atoms with Crippen molar-refractivity contribution >= 4 is 33.4 Å². The minimum atomic E-state index is -0.313. The quantitative estimate of drug-likeness (QED) is 0.862. The molecule has 2 aromatic carbocycles. The number of carbonyl (C=O) groups excluding carboxylic acids is 2. The fraction of sp³-hybridized carbons (Fsp3) is 0.263. The van der Waals surface area contributed by atoms with E-state index in [-0.39, 0.29) is 30.2 Å². The van der Waals surface area contributed by atoms with Crippen molar-refractivity contribution in [3.63, 3.8) is 0 Å². The minimum absolute atomic E-state index is 0.0239. The van der Waals surface area contributed by atoms with Gasteiger partial charge in [0.2, 0.25) is 11.8 Å². The minimum Gasteiger partial charge on any atom is -0.335 e. The lowest BCUT2D eigenvalue weighted by molar-refractivity contribution is -0.129. The number of rotatable bonds is 4. The van der Waals surface area contributed by atoms with Gasteiger partial charge >= 0.3 is 0 Å². The number of hydrogen-bond donors (Lipinski definition) is 1. The Morgan fingerprint density at radius 1 is 1.17 bits per heavy atom. The van der Waals surface area contributed by atoms with Crippen LogP contribution in [0.25, 0.3) is 0 Å².